The Labute approximate surface area is 123 Å². The molecule has 2 nitrogen and oxygen atoms in total. The number of aromatic hydroxyl groups is 1. The molecule has 0 aliphatic heterocycles. The first-order valence-electron chi connectivity index (χ1n) is 9.05. The average Bonchev–Trinajstić information content (AvgIpc) is 2.54. The lowest BCUT2D eigenvalue weighted by atomic mass is 10.1. The van der Waals surface area contributed by atoms with E-state index in [4.69, 9.17) is 8.22 Å². The lowest BCUT2D eigenvalue weighted by molar-refractivity contribution is 0.248. The smallest absolute Gasteiger partial charge is 0.115 e. The zero-order valence-corrected chi connectivity index (χ0v) is 10.8. The monoisotopic (exact) mass is 261 g/mol. The highest BCUT2D eigenvalue weighted by atomic mass is 16.3. The van der Waals surface area contributed by atoms with Crippen LogP contribution in [0.15, 0.2) is 54.6 Å². The van der Waals surface area contributed by atoms with Crippen LogP contribution in [0.2, 0.25) is 0 Å². The molecule has 0 radical (unpaired) electrons. The van der Waals surface area contributed by atoms with Crippen LogP contribution in [0.1, 0.15) is 26.2 Å². The summed E-state index contributed by atoms with van der Waals surface area (Å²) in [5, 5.41) is 9.40. The second-order valence-electron chi connectivity index (χ2n) is 4.36. The summed E-state index contributed by atoms with van der Waals surface area (Å²) in [6.07, 6.45) is -2.50. The van der Waals surface area contributed by atoms with E-state index in [1.165, 1.54) is 36.2 Å². The maximum Gasteiger partial charge on any atom is 0.115 e. The second-order valence-corrected chi connectivity index (χ2v) is 4.36. The van der Waals surface area contributed by atoms with Gasteiger partial charge >= 0.3 is 0 Å². The molecule has 0 aliphatic carbocycles. The molecule has 1 unspecified atom stereocenters. The van der Waals surface area contributed by atoms with Crippen LogP contribution in [-0.4, -0.2) is 23.1 Å². The Morgan fingerprint density at radius 2 is 1.84 bits per heavy atom. The largest absolute Gasteiger partial charge is 0.508 e. The fourth-order valence-electron chi connectivity index (χ4n) is 1.71. The van der Waals surface area contributed by atoms with E-state index in [1.54, 1.807) is 24.3 Å². The van der Waals surface area contributed by atoms with Crippen LogP contribution in [0.25, 0.3) is 0 Å². The summed E-state index contributed by atoms with van der Waals surface area (Å²) < 4.78 is 49.1. The predicted octanol–water partition coefficient (Wildman–Crippen LogP) is 3.46. The van der Waals surface area contributed by atoms with E-state index in [2.05, 4.69) is 0 Å². The Hall–Kier alpha value is -1.80. The fraction of sp³-hybridized carbons (Fsp3) is 0.294. The van der Waals surface area contributed by atoms with Gasteiger partial charge in [-0.15, -0.1) is 0 Å². The minimum atomic E-state index is -2.90. The van der Waals surface area contributed by atoms with Gasteiger partial charge in [0, 0.05) is 20.8 Å². The summed E-state index contributed by atoms with van der Waals surface area (Å²) >= 11 is 0. The van der Waals surface area contributed by atoms with E-state index in [-0.39, 0.29) is 17.9 Å². The van der Waals surface area contributed by atoms with Gasteiger partial charge in [-0.25, -0.2) is 0 Å². The molecule has 1 N–H and O–H groups in total. The van der Waals surface area contributed by atoms with E-state index in [1.807, 2.05) is 6.07 Å². The molecule has 100 valence electrons. The molecule has 2 rings (SSSR count). The van der Waals surface area contributed by atoms with Crippen molar-refractivity contribution in [2.24, 2.45) is 0 Å². The molecule has 1 atom stereocenters. The topological polar surface area (TPSA) is 23.5 Å². The summed E-state index contributed by atoms with van der Waals surface area (Å²) in [7, 11) is 1.44. The first kappa shape index (κ1) is 7.71. The van der Waals surface area contributed by atoms with Gasteiger partial charge in [0.05, 0.1) is 0 Å². The number of nitrogens with zero attached hydrogens (tertiary/aromatic N) is 1. The molecule has 0 saturated heterocycles. The normalized spacial score (nSPS) is 20.3. The number of rotatable bonds is 5. The minimum Gasteiger partial charge on any atom is -0.508 e. The second kappa shape index (κ2) is 6.39. The van der Waals surface area contributed by atoms with Crippen LogP contribution in [0.5, 0.6) is 5.75 Å². The Bertz CT molecular complexity index is 701. The molecular weight excluding hydrogens is 234 g/mol. The molecule has 0 heterocycles. The summed E-state index contributed by atoms with van der Waals surface area (Å²) in [6.45, 7) is -2.79. The average molecular weight is 261 g/mol. The van der Waals surface area contributed by atoms with Crippen molar-refractivity contribution < 1.29 is 13.3 Å². The SMILES string of the molecule is [2H]C([2H])([2H])C([2H])(N(C)Cc1ccccc1)C([2H])([2H])c1ccc(O)cc1. The van der Waals surface area contributed by atoms with E-state index < -0.39 is 19.2 Å². The Morgan fingerprint density at radius 3 is 2.47 bits per heavy atom. The van der Waals surface area contributed by atoms with Crippen molar-refractivity contribution in [3.8, 4) is 5.75 Å². The van der Waals surface area contributed by atoms with E-state index in [0.717, 1.165) is 5.56 Å². The predicted molar refractivity (Wildman–Crippen MR) is 79.2 cm³/mol. The van der Waals surface area contributed by atoms with Gasteiger partial charge in [0.15, 0.2) is 0 Å². The van der Waals surface area contributed by atoms with Gasteiger partial charge in [-0.2, -0.15) is 0 Å². The fourth-order valence-corrected chi connectivity index (χ4v) is 1.71. The van der Waals surface area contributed by atoms with Gasteiger partial charge in [-0.3, -0.25) is 4.90 Å². The van der Waals surface area contributed by atoms with Crippen molar-refractivity contribution in [1.82, 2.24) is 4.90 Å². The number of hydrogen-bond donors (Lipinski definition) is 1. The third-order valence-corrected chi connectivity index (χ3v) is 2.77. The third kappa shape index (κ3) is 4.11. The quantitative estimate of drug-likeness (QED) is 0.891. The van der Waals surface area contributed by atoms with Crippen molar-refractivity contribution in [2.45, 2.75) is 25.8 Å². The molecule has 0 spiro atoms. The highest BCUT2D eigenvalue weighted by molar-refractivity contribution is 5.26. The molecule has 0 fully saturated rings. The molecule has 0 saturated carbocycles. The zero-order valence-electron chi connectivity index (χ0n) is 16.8. The van der Waals surface area contributed by atoms with Crippen molar-refractivity contribution in [3.63, 3.8) is 0 Å². The third-order valence-electron chi connectivity index (χ3n) is 2.77. The molecule has 0 aliphatic rings. The lowest BCUT2D eigenvalue weighted by Gasteiger charge is -2.25. The van der Waals surface area contributed by atoms with E-state index >= 15 is 0 Å². The molecule has 0 aromatic heterocycles. The van der Waals surface area contributed by atoms with Crippen molar-refractivity contribution >= 4 is 0 Å². The van der Waals surface area contributed by atoms with Gasteiger partial charge in [-0.05, 0) is 43.5 Å². The standard InChI is InChI=1S/C17H21NO/c1-14(12-15-8-10-17(19)11-9-15)18(2)13-16-6-4-3-5-7-16/h3-11,14,19H,12-13H2,1-2H3/i1D3,12D2,14D. The molecule has 0 amide bonds. The van der Waals surface area contributed by atoms with Gasteiger partial charge in [0.1, 0.15) is 5.75 Å². The van der Waals surface area contributed by atoms with Crippen LogP contribution in [0.3, 0.4) is 0 Å². The number of phenols is 1. The van der Waals surface area contributed by atoms with Crippen LogP contribution < -0.4 is 0 Å². The van der Waals surface area contributed by atoms with Gasteiger partial charge in [-0.1, -0.05) is 42.5 Å². The molecule has 2 aromatic carbocycles. The highest BCUT2D eigenvalue weighted by Gasteiger charge is 2.10. The zero-order chi connectivity index (χ0) is 18.9. The van der Waals surface area contributed by atoms with Crippen molar-refractivity contribution in [3.05, 3.63) is 65.7 Å². The van der Waals surface area contributed by atoms with Crippen molar-refractivity contribution in [2.75, 3.05) is 7.05 Å². The van der Waals surface area contributed by atoms with Crippen LogP contribution in [0, 0.1) is 0 Å². The number of likely N-dealkylation sites (N-methyl/N-ethyl adjacent to an activating group) is 1. The first-order chi connectivity index (χ1) is 11.5. The Kier molecular flexibility index (Phi) is 2.59. The Morgan fingerprint density at radius 1 is 1.16 bits per heavy atom. The number of hydrogen-bond acceptors (Lipinski definition) is 2. The summed E-state index contributed by atoms with van der Waals surface area (Å²) in [6, 6.07) is 11.7. The van der Waals surface area contributed by atoms with Gasteiger partial charge in [0.25, 0.3) is 0 Å². The van der Waals surface area contributed by atoms with E-state index in [9.17, 15) is 5.11 Å². The molecule has 2 heteroatoms. The summed E-state index contributed by atoms with van der Waals surface area (Å²) in [5.74, 6) is -0.0540. The highest BCUT2D eigenvalue weighted by Crippen LogP contribution is 2.14. The lowest BCUT2D eigenvalue weighted by Crippen LogP contribution is -2.30. The number of phenolic OH excluding ortho intramolecular Hbond substituents is 1. The van der Waals surface area contributed by atoms with Crippen LogP contribution in [0.4, 0.5) is 0 Å². The summed E-state index contributed by atoms with van der Waals surface area (Å²) in [5.41, 5.74) is 0.809. The molecule has 2 aromatic rings. The van der Waals surface area contributed by atoms with Crippen molar-refractivity contribution in [1.29, 1.82) is 0 Å². The first-order valence-corrected chi connectivity index (χ1v) is 6.05. The maximum atomic E-state index is 9.40. The molecule has 19 heavy (non-hydrogen) atoms. The van der Waals surface area contributed by atoms with Gasteiger partial charge in [0.2, 0.25) is 0 Å². The summed E-state index contributed by atoms with van der Waals surface area (Å²) in [4.78, 5) is 1.21. The van der Waals surface area contributed by atoms with Gasteiger partial charge < -0.3 is 5.11 Å². The van der Waals surface area contributed by atoms with Crippen LogP contribution in [-0.2, 0) is 12.9 Å². The number of benzene rings is 2. The Balaban J connectivity index is 2.47. The molecular formula is C17H21NO. The van der Waals surface area contributed by atoms with Crippen LogP contribution >= 0.6 is 0 Å². The minimum absolute atomic E-state index is 0.0244. The molecule has 0 bridgehead atoms. The maximum absolute atomic E-state index is 9.40. The van der Waals surface area contributed by atoms with E-state index in [0.29, 0.717) is 0 Å².